The van der Waals surface area contributed by atoms with E-state index in [2.05, 4.69) is 4.72 Å². The zero-order chi connectivity index (χ0) is 17.3. The van der Waals surface area contributed by atoms with Crippen molar-refractivity contribution in [3.8, 4) is 11.5 Å². The van der Waals surface area contributed by atoms with Gasteiger partial charge in [0.15, 0.2) is 11.5 Å². The molecule has 1 atom stereocenters. The number of ether oxygens (including phenoxy) is 2. The van der Waals surface area contributed by atoms with Crippen LogP contribution in [0.1, 0.15) is 29.7 Å². The molecule has 0 bridgehead atoms. The quantitative estimate of drug-likeness (QED) is 0.923. The minimum absolute atomic E-state index is 0.312. The van der Waals surface area contributed by atoms with E-state index < -0.39 is 10.0 Å². The minimum atomic E-state index is -3.60. The highest BCUT2D eigenvalue weighted by molar-refractivity contribution is 7.89. The maximum atomic E-state index is 12.7. The van der Waals surface area contributed by atoms with E-state index in [1.54, 1.807) is 13.0 Å². The Kier molecular flexibility index (Phi) is 4.51. The Morgan fingerprint density at radius 3 is 2.46 bits per heavy atom. The summed E-state index contributed by atoms with van der Waals surface area (Å²) in [5, 5.41) is 0. The van der Waals surface area contributed by atoms with Gasteiger partial charge in [-0.2, -0.15) is 0 Å². The Hall–Kier alpha value is -2.05. The van der Waals surface area contributed by atoms with E-state index in [4.69, 9.17) is 9.47 Å². The average Bonchev–Trinajstić information content (AvgIpc) is 2.56. The van der Waals surface area contributed by atoms with Crippen molar-refractivity contribution in [3.05, 3.63) is 53.1 Å². The topological polar surface area (TPSA) is 64.6 Å². The number of nitrogens with one attached hydrogen (secondary N) is 1. The second-order valence-electron chi connectivity index (χ2n) is 6.02. The van der Waals surface area contributed by atoms with Crippen LogP contribution in [0.5, 0.6) is 11.5 Å². The predicted molar refractivity (Wildman–Crippen MR) is 92.1 cm³/mol. The Balaban J connectivity index is 1.86. The van der Waals surface area contributed by atoms with Crippen molar-refractivity contribution >= 4 is 10.0 Å². The third kappa shape index (κ3) is 3.39. The zero-order valence-corrected chi connectivity index (χ0v) is 14.8. The van der Waals surface area contributed by atoms with E-state index in [0.29, 0.717) is 29.6 Å². The fourth-order valence-electron chi connectivity index (χ4n) is 2.69. The van der Waals surface area contributed by atoms with Gasteiger partial charge in [0, 0.05) is 6.04 Å². The summed E-state index contributed by atoms with van der Waals surface area (Å²) in [7, 11) is -3.60. The van der Waals surface area contributed by atoms with Gasteiger partial charge in [0.2, 0.25) is 10.0 Å². The molecule has 2 aromatic rings. The van der Waals surface area contributed by atoms with Gasteiger partial charge >= 0.3 is 0 Å². The molecule has 2 aromatic carbocycles. The normalized spacial score (nSPS) is 15.1. The fourth-order valence-corrected chi connectivity index (χ4v) is 4.25. The highest BCUT2D eigenvalue weighted by Crippen LogP contribution is 2.33. The summed E-state index contributed by atoms with van der Waals surface area (Å²) >= 11 is 0. The number of hydrogen-bond acceptors (Lipinski definition) is 4. The molecule has 6 heteroatoms. The molecule has 5 nitrogen and oxygen atoms in total. The largest absolute Gasteiger partial charge is 0.486 e. The molecule has 24 heavy (non-hydrogen) atoms. The molecule has 128 valence electrons. The van der Waals surface area contributed by atoms with Gasteiger partial charge in [0.25, 0.3) is 0 Å². The Morgan fingerprint density at radius 2 is 1.71 bits per heavy atom. The smallest absolute Gasteiger partial charge is 0.241 e. The first-order valence-corrected chi connectivity index (χ1v) is 9.34. The number of hydrogen-bond donors (Lipinski definition) is 1. The molecule has 0 spiro atoms. The lowest BCUT2D eigenvalue weighted by molar-refractivity contribution is 0.171. The van der Waals surface area contributed by atoms with Crippen molar-refractivity contribution in [2.75, 3.05) is 13.2 Å². The molecule has 0 unspecified atom stereocenters. The van der Waals surface area contributed by atoms with Crippen LogP contribution in [-0.4, -0.2) is 21.6 Å². The van der Waals surface area contributed by atoms with Crippen LogP contribution < -0.4 is 14.2 Å². The molecule has 0 fully saturated rings. The molecule has 0 aromatic heterocycles. The van der Waals surface area contributed by atoms with Crippen molar-refractivity contribution in [3.63, 3.8) is 0 Å². The summed E-state index contributed by atoms with van der Waals surface area (Å²) in [6.07, 6.45) is 0. The van der Waals surface area contributed by atoms with E-state index in [1.165, 1.54) is 0 Å². The van der Waals surface area contributed by atoms with Gasteiger partial charge in [0.1, 0.15) is 13.2 Å². The first kappa shape index (κ1) is 16.8. The van der Waals surface area contributed by atoms with E-state index in [1.807, 2.05) is 44.2 Å². The fraction of sp³-hybridized carbons (Fsp3) is 0.333. The van der Waals surface area contributed by atoms with Crippen molar-refractivity contribution in [1.29, 1.82) is 0 Å². The maximum absolute atomic E-state index is 12.7. The number of sulfonamides is 1. The van der Waals surface area contributed by atoms with E-state index in [0.717, 1.165) is 16.7 Å². The van der Waals surface area contributed by atoms with Crippen LogP contribution in [0.2, 0.25) is 0 Å². The van der Waals surface area contributed by atoms with Crippen LogP contribution in [0.15, 0.2) is 41.3 Å². The molecule has 0 saturated carbocycles. The number of rotatable bonds is 4. The van der Waals surface area contributed by atoms with Gasteiger partial charge < -0.3 is 9.47 Å². The molecule has 0 radical (unpaired) electrons. The van der Waals surface area contributed by atoms with Gasteiger partial charge in [-0.05, 0) is 55.7 Å². The lowest BCUT2D eigenvalue weighted by Gasteiger charge is -2.21. The standard InChI is InChI=1S/C18H21NO4S/c1-12-4-5-13(2)18(10-12)24(20,21)19-14(3)15-6-7-16-17(11-15)23-9-8-22-16/h4-7,10-11,14,19H,8-9H2,1-3H3/t14-/m1/s1. The van der Waals surface area contributed by atoms with Crippen molar-refractivity contribution < 1.29 is 17.9 Å². The van der Waals surface area contributed by atoms with Crippen molar-refractivity contribution in [2.24, 2.45) is 0 Å². The third-order valence-electron chi connectivity index (χ3n) is 4.03. The van der Waals surface area contributed by atoms with E-state index in [-0.39, 0.29) is 6.04 Å². The van der Waals surface area contributed by atoms with Gasteiger partial charge in [0.05, 0.1) is 4.90 Å². The number of benzene rings is 2. The van der Waals surface area contributed by atoms with Crippen LogP contribution in [0.25, 0.3) is 0 Å². The Bertz CT molecular complexity index is 861. The van der Waals surface area contributed by atoms with Crippen molar-refractivity contribution in [2.45, 2.75) is 31.7 Å². The van der Waals surface area contributed by atoms with Gasteiger partial charge in [-0.3, -0.25) is 0 Å². The molecule has 1 aliphatic rings. The monoisotopic (exact) mass is 347 g/mol. The molecule has 3 rings (SSSR count). The minimum Gasteiger partial charge on any atom is -0.486 e. The van der Waals surface area contributed by atoms with Gasteiger partial charge in [-0.25, -0.2) is 13.1 Å². The summed E-state index contributed by atoms with van der Waals surface area (Å²) in [6.45, 7) is 6.51. The maximum Gasteiger partial charge on any atom is 0.241 e. The lowest BCUT2D eigenvalue weighted by Crippen LogP contribution is -2.27. The zero-order valence-electron chi connectivity index (χ0n) is 14.0. The first-order chi connectivity index (χ1) is 11.4. The van der Waals surface area contributed by atoms with Crippen LogP contribution in [-0.2, 0) is 10.0 Å². The summed E-state index contributed by atoms with van der Waals surface area (Å²) in [5.74, 6) is 1.34. The number of aryl methyl sites for hydroxylation is 2. The number of fused-ring (bicyclic) bond motifs is 1. The average molecular weight is 347 g/mol. The molecule has 0 amide bonds. The molecule has 0 saturated heterocycles. The summed E-state index contributed by atoms with van der Waals surface area (Å²) in [4.78, 5) is 0.312. The van der Waals surface area contributed by atoms with Crippen LogP contribution in [0, 0.1) is 13.8 Å². The summed E-state index contributed by atoms with van der Waals surface area (Å²) in [6, 6.07) is 10.5. The van der Waals surface area contributed by atoms with Gasteiger partial charge in [-0.15, -0.1) is 0 Å². The Morgan fingerprint density at radius 1 is 1.00 bits per heavy atom. The summed E-state index contributed by atoms with van der Waals surface area (Å²) in [5.41, 5.74) is 2.46. The van der Waals surface area contributed by atoms with E-state index in [9.17, 15) is 8.42 Å². The SMILES string of the molecule is Cc1ccc(C)c(S(=O)(=O)N[C@H](C)c2ccc3c(c2)OCCO3)c1. The van der Waals surface area contributed by atoms with Crippen LogP contribution in [0.4, 0.5) is 0 Å². The van der Waals surface area contributed by atoms with Crippen LogP contribution in [0.3, 0.4) is 0 Å². The highest BCUT2D eigenvalue weighted by atomic mass is 32.2. The summed E-state index contributed by atoms with van der Waals surface area (Å²) < 4.78 is 39.2. The second-order valence-corrected chi connectivity index (χ2v) is 7.70. The third-order valence-corrected chi connectivity index (χ3v) is 5.71. The second kappa shape index (κ2) is 6.45. The Labute approximate surface area is 142 Å². The molecular formula is C18H21NO4S. The molecule has 1 aliphatic heterocycles. The van der Waals surface area contributed by atoms with Crippen molar-refractivity contribution in [1.82, 2.24) is 4.72 Å². The molecule has 1 N–H and O–H groups in total. The van der Waals surface area contributed by atoms with Gasteiger partial charge in [-0.1, -0.05) is 18.2 Å². The molecule has 0 aliphatic carbocycles. The highest BCUT2D eigenvalue weighted by Gasteiger charge is 2.22. The molecule has 1 heterocycles. The first-order valence-electron chi connectivity index (χ1n) is 7.86. The van der Waals surface area contributed by atoms with E-state index >= 15 is 0 Å². The predicted octanol–water partition coefficient (Wildman–Crippen LogP) is 3.11. The van der Waals surface area contributed by atoms with Crippen LogP contribution >= 0.6 is 0 Å². The lowest BCUT2D eigenvalue weighted by atomic mass is 10.1. The molecular weight excluding hydrogens is 326 g/mol.